The predicted molar refractivity (Wildman–Crippen MR) is 104 cm³/mol. The first-order valence-electron chi connectivity index (χ1n) is 7.99. The molecule has 0 bridgehead atoms. The topological polar surface area (TPSA) is 79.8 Å². The van der Waals surface area contributed by atoms with Gasteiger partial charge in [0.1, 0.15) is 0 Å². The van der Waals surface area contributed by atoms with E-state index in [0.29, 0.717) is 28.8 Å². The zero-order chi connectivity index (χ0) is 18.4. The van der Waals surface area contributed by atoms with E-state index < -0.39 is 0 Å². The third kappa shape index (κ3) is 5.00. The lowest BCUT2D eigenvalue weighted by Crippen LogP contribution is -2.20. The summed E-state index contributed by atoms with van der Waals surface area (Å²) in [6, 6.07) is 16.8. The molecule has 26 heavy (non-hydrogen) atoms. The van der Waals surface area contributed by atoms with Gasteiger partial charge in [-0.25, -0.2) is 9.89 Å². The fourth-order valence-corrected chi connectivity index (χ4v) is 3.35. The molecule has 2 N–H and O–H groups in total. The van der Waals surface area contributed by atoms with Gasteiger partial charge in [0.05, 0.1) is 5.75 Å². The molecule has 8 heteroatoms. The summed E-state index contributed by atoms with van der Waals surface area (Å²) in [5.41, 5.74) is 1.49. The van der Waals surface area contributed by atoms with Crippen LogP contribution >= 0.6 is 23.4 Å². The molecule has 0 fully saturated rings. The number of nitrogens with zero attached hydrogens (tertiary/aromatic N) is 2. The Kier molecular flexibility index (Phi) is 6.14. The van der Waals surface area contributed by atoms with Gasteiger partial charge in [0.15, 0.2) is 5.16 Å². The van der Waals surface area contributed by atoms with Crippen molar-refractivity contribution in [3.05, 3.63) is 75.7 Å². The van der Waals surface area contributed by atoms with Crippen LogP contribution in [0.15, 0.2) is 64.5 Å². The van der Waals surface area contributed by atoms with E-state index in [9.17, 15) is 9.59 Å². The maximum atomic E-state index is 12.1. The van der Waals surface area contributed by atoms with Crippen molar-refractivity contribution in [2.45, 2.75) is 18.1 Å². The maximum Gasteiger partial charge on any atom is 0.343 e. The largest absolute Gasteiger partial charge is 0.343 e. The maximum absolute atomic E-state index is 12.1. The molecule has 1 heterocycles. The van der Waals surface area contributed by atoms with Crippen LogP contribution in [0.5, 0.6) is 0 Å². The first kappa shape index (κ1) is 18.3. The van der Waals surface area contributed by atoms with Crippen LogP contribution in [-0.4, -0.2) is 26.4 Å². The lowest BCUT2D eigenvalue weighted by atomic mass is 10.1. The number of rotatable bonds is 7. The number of nitrogens with one attached hydrogen (secondary N) is 2. The van der Waals surface area contributed by atoms with E-state index in [0.717, 1.165) is 5.56 Å². The molecule has 0 aliphatic carbocycles. The highest BCUT2D eigenvalue weighted by Crippen LogP contribution is 2.17. The van der Waals surface area contributed by atoms with Gasteiger partial charge in [-0.3, -0.25) is 9.36 Å². The standard InChI is InChI=1S/C18H17ClN4O2S/c19-14-7-4-8-15(11-14)20-16(24)12-26-18-22-21-17(25)23(18)10-9-13-5-2-1-3-6-13/h1-8,11H,9-10,12H2,(H,20,24)(H,21,25). The number of benzene rings is 2. The molecule has 0 aliphatic rings. The van der Waals surface area contributed by atoms with Crippen LogP contribution < -0.4 is 11.0 Å². The summed E-state index contributed by atoms with van der Waals surface area (Å²) < 4.78 is 1.55. The second-order valence-corrected chi connectivity index (χ2v) is 6.92. The van der Waals surface area contributed by atoms with Crippen LogP contribution in [0, 0.1) is 0 Å². The number of aromatic amines is 1. The number of halogens is 1. The third-order valence-corrected chi connectivity index (χ3v) is 4.84. The van der Waals surface area contributed by atoms with Crippen molar-refractivity contribution in [2.75, 3.05) is 11.1 Å². The third-order valence-electron chi connectivity index (χ3n) is 3.63. The second kappa shape index (κ2) is 8.73. The minimum absolute atomic E-state index is 0.141. The van der Waals surface area contributed by atoms with E-state index in [-0.39, 0.29) is 17.3 Å². The number of hydrogen-bond donors (Lipinski definition) is 2. The Morgan fingerprint density at radius 3 is 2.77 bits per heavy atom. The highest BCUT2D eigenvalue weighted by molar-refractivity contribution is 7.99. The van der Waals surface area contributed by atoms with E-state index in [2.05, 4.69) is 15.5 Å². The Morgan fingerprint density at radius 2 is 2.00 bits per heavy atom. The van der Waals surface area contributed by atoms with Crippen molar-refractivity contribution in [1.29, 1.82) is 0 Å². The predicted octanol–water partition coefficient (Wildman–Crippen LogP) is 3.20. The van der Waals surface area contributed by atoms with Crippen molar-refractivity contribution < 1.29 is 4.79 Å². The summed E-state index contributed by atoms with van der Waals surface area (Å²) in [5.74, 6) is -0.0513. The Labute approximate surface area is 159 Å². The van der Waals surface area contributed by atoms with Crippen molar-refractivity contribution in [1.82, 2.24) is 14.8 Å². The molecular weight excluding hydrogens is 372 g/mol. The van der Waals surface area contributed by atoms with Gasteiger partial charge in [0, 0.05) is 17.3 Å². The molecule has 0 radical (unpaired) electrons. The van der Waals surface area contributed by atoms with Crippen LogP contribution in [0.4, 0.5) is 5.69 Å². The number of hydrogen-bond acceptors (Lipinski definition) is 4. The number of aromatic nitrogens is 3. The zero-order valence-electron chi connectivity index (χ0n) is 13.8. The Bertz CT molecular complexity index is 940. The van der Waals surface area contributed by atoms with Gasteiger partial charge in [-0.2, -0.15) is 0 Å². The smallest absolute Gasteiger partial charge is 0.325 e. The number of aryl methyl sites for hydroxylation is 1. The monoisotopic (exact) mass is 388 g/mol. The molecule has 1 aromatic heterocycles. The number of anilines is 1. The average Bonchev–Trinajstić information content (AvgIpc) is 2.99. The first-order chi connectivity index (χ1) is 12.6. The molecule has 3 rings (SSSR count). The van der Waals surface area contributed by atoms with Crippen molar-refractivity contribution in [3.63, 3.8) is 0 Å². The van der Waals surface area contributed by atoms with Gasteiger partial charge in [-0.05, 0) is 30.2 Å². The zero-order valence-corrected chi connectivity index (χ0v) is 15.4. The quantitative estimate of drug-likeness (QED) is 0.609. The van der Waals surface area contributed by atoms with Gasteiger partial charge in [0.25, 0.3) is 0 Å². The van der Waals surface area contributed by atoms with Crippen molar-refractivity contribution >= 4 is 35.0 Å². The normalized spacial score (nSPS) is 10.7. The number of thioether (sulfide) groups is 1. The first-order valence-corrected chi connectivity index (χ1v) is 9.35. The molecule has 6 nitrogen and oxygen atoms in total. The van der Waals surface area contributed by atoms with Gasteiger partial charge < -0.3 is 5.32 Å². The van der Waals surface area contributed by atoms with E-state index in [1.807, 2.05) is 30.3 Å². The fourth-order valence-electron chi connectivity index (χ4n) is 2.39. The Balaban J connectivity index is 1.58. The summed E-state index contributed by atoms with van der Waals surface area (Å²) in [4.78, 5) is 24.0. The molecule has 0 saturated carbocycles. The van der Waals surface area contributed by atoms with Crippen LogP contribution in [0.3, 0.4) is 0 Å². The summed E-state index contributed by atoms with van der Waals surface area (Å²) in [5, 5.41) is 10.3. The van der Waals surface area contributed by atoms with Crippen molar-refractivity contribution in [2.24, 2.45) is 0 Å². The number of H-pyrrole nitrogens is 1. The lowest BCUT2D eigenvalue weighted by molar-refractivity contribution is -0.113. The van der Waals surface area contributed by atoms with E-state index in [1.165, 1.54) is 11.8 Å². The number of amides is 1. The van der Waals surface area contributed by atoms with Gasteiger partial charge in [0.2, 0.25) is 5.91 Å². The molecule has 2 aromatic carbocycles. The Hall–Kier alpha value is -2.51. The highest BCUT2D eigenvalue weighted by atomic mass is 35.5. The van der Waals surface area contributed by atoms with Crippen LogP contribution in [0.25, 0.3) is 0 Å². The molecule has 0 unspecified atom stereocenters. The van der Waals surface area contributed by atoms with E-state index >= 15 is 0 Å². The molecular formula is C18H17ClN4O2S. The molecule has 0 aliphatic heterocycles. The van der Waals surface area contributed by atoms with Crippen LogP contribution in [-0.2, 0) is 17.8 Å². The fraction of sp³-hybridized carbons (Fsp3) is 0.167. The van der Waals surface area contributed by atoms with E-state index in [4.69, 9.17) is 11.6 Å². The van der Waals surface area contributed by atoms with Crippen LogP contribution in [0.2, 0.25) is 5.02 Å². The molecule has 3 aromatic rings. The molecule has 0 saturated heterocycles. The molecule has 0 spiro atoms. The van der Waals surface area contributed by atoms with Crippen molar-refractivity contribution in [3.8, 4) is 0 Å². The van der Waals surface area contributed by atoms with Gasteiger partial charge in [-0.1, -0.05) is 59.8 Å². The molecule has 1 amide bonds. The second-order valence-electron chi connectivity index (χ2n) is 5.55. The summed E-state index contributed by atoms with van der Waals surface area (Å²) in [7, 11) is 0. The minimum Gasteiger partial charge on any atom is -0.325 e. The average molecular weight is 389 g/mol. The number of carbonyl (C=O) groups excluding carboxylic acids is 1. The minimum atomic E-state index is -0.279. The lowest BCUT2D eigenvalue weighted by Gasteiger charge is -2.07. The van der Waals surface area contributed by atoms with Crippen LogP contribution in [0.1, 0.15) is 5.56 Å². The summed E-state index contributed by atoms with van der Waals surface area (Å²) >= 11 is 7.11. The summed E-state index contributed by atoms with van der Waals surface area (Å²) in [6.45, 7) is 0.498. The van der Waals surface area contributed by atoms with Gasteiger partial charge in [-0.15, -0.1) is 5.10 Å². The number of carbonyl (C=O) groups is 1. The van der Waals surface area contributed by atoms with E-state index in [1.54, 1.807) is 28.8 Å². The van der Waals surface area contributed by atoms with Gasteiger partial charge >= 0.3 is 5.69 Å². The molecule has 0 atom stereocenters. The SMILES string of the molecule is O=C(CSc1n[nH]c(=O)n1CCc1ccccc1)Nc1cccc(Cl)c1. The molecule has 134 valence electrons. The highest BCUT2D eigenvalue weighted by Gasteiger charge is 2.12. The summed E-state index contributed by atoms with van der Waals surface area (Å²) in [6.07, 6.45) is 0.711. The Morgan fingerprint density at radius 1 is 1.19 bits per heavy atom.